The predicted octanol–water partition coefficient (Wildman–Crippen LogP) is 0.0877. The minimum Gasteiger partial charge on any atom is -0.299 e. The monoisotopic (exact) mass is 160 g/mol. The van der Waals surface area contributed by atoms with Crippen LogP contribution in [0.4, 0.5) is 13.2 Å². The quantitative estimate of drug-likeness (QED) is 0.453. The van der Waals surface area contributed by atoms with E-state index in [0.717, 1.165) is 0 Å². The van der Waals surface area contributed by atoms with E-state index in [2.05, 4.69) is 10.6 Å². The zero-order valence-corrected chi connectivity index (χ0v) is 4.93. The van der Waals surface area contributed by atoms with Crippen LogP contribution in [-0.4, -0.2) is 29.9 Å². The normalized spacial score (nSPS) is 12.6. The Kier molecular flexibility index (Phi) is 3.58. The second-order valence-electron chi connectivity index (χ2n) is 1.46. The molecular formula is C3H7F3N2O2. The van der Waals surface area contributed by atoms with Crippen LogP contribution in [0.25, 0.3) is 0 Å². The number of hydrogen-bond acceptors (Lipinski definition) is 4. The molecule has 0 rings (SSSR count). The van der Waals surface area contributed by atoms with Crippen molar-refractivity contribution in [2.75, 3.05) is 13.2 Å². The molecule has 3 N–H and O–H groups in total. The van der Waals surface area contributed by atoms with E-state index in [9.17, 15) is 13.2 Å². The van der Waals surface area contributed by atoms with Crippen LogP contribution < -0.4 is 5.84 Å². The lowest BCUT2D eigenvalue weighted by atomic mass is 10.7. The Morgan fingerprint density at radius 1 is 1.50 bits per heavy atom. The van der Waals surface area contributed by atoms with Gasteiger partial charge in [0.2, 0.25) is 0 Å². The summed E-state index contributed by atoms with van der Waals surface area (Å²) in [6.07, 6.45) is -4.66. The van der Waals surface area contributed by atoms with Gasteiger partial charge in [0.15, 0.2) is 0 Å². The molecule has 0 unspecified atom stereocenters. The second kappa shape index (κ2) is 3.71. The Labute approximate surface area is 54.9 Å². The van der Waals surface area contributed by atoms with Crippen LogP contribution in [-0.2, 0) is 4.74 Å². The highest BCUT2D eigenvalue weighted by Crippen LogP contribution is 2.15. The summed E-state index contributed by atoms with van der Waals surface area (Å²) in [4.78, 5) is 0. The van der Waals surface area contributed by atoms with Gasteiger partial charge in [-0.3, -0.25) is 9.94 Å². The molecule has 10 heavy (non-hydrogen) atoms. The van der Waals surface area contributed by atoms with Crippen LogP contribution in [0.1, 0.15) is 0 Å². The van der Waals surface area contributed by atoms with Crippen molar-refractivity contribution in [2.24, 2.45) is 5.84 Å². The smallest absolute Gasteiger partial charge is 0.299 e. The van der Waals surface area contributed by atoms with E-state index in [4.69, 9.17) is 5.21 Å². The number of halogens is 3. The second-order valence-corrected chi connectivity index (χ2v) is 1.46. The molecule has 0 saturated carbocycles. The molecule has 0 aromatic rings. The van der Waals surface area contributed by atoms with Gasteiger partial charge in [-0.2, -0.15) is 0 Å². The molecule has 0 bridgehead atoms. The Balaban J connectivity index is 3.21. The first-order valence-electron chi connectivity index (χ1n) is 2.33. The molecule has 0 amide bonds. The number of hydrogen-bond donors (Lipinski definition) is 2. The molecule has 0 heterocycles. The first kappa shape index (κ1) is 9.63. The maximum Gasteiger partial charge on any atom is 0.522 e. The van der Waals surface area contributed by atoms with Crippen molar-refractivity contribution in [1.29, 1.82) is 0 Å². The molecule has 4 nitrogen and oxygen atoms in total. The Hall–Kier alpha value is -0.370. The van der Waals surface area contributed by atoms with Crippen molar-refractivity contribution in [2.45, 2.75) is 6.36 Å². The predicted molar refractivity (Wildman–Crippen MR) is 24.7 cm³/mol. The van der Waals surface area contributed by atoms with Crippen LogP contribution in [0, 0.1) is 0 Å². The summed E-state index contributed by atoms with van der Waals surface area (Å²) in [5.41, 5.74) is 0. The first-order chi connectivity index (χ1) is 4.42. The summed E-state index contributed by atoms with van der Waals surface area (Å²) < 4.78 is 36.7. The van der Waals surface area contributed by atoms with Crippen molar-refractivity contribution in [1.82, 2.24) is 5.17 Å². The lowest BCUT2D eigenvalue weighted by Gasteiger charge is -2.09. The molecule has 0 aliphatic carbocycles. The number of hydroxylamine groups is 1. The van der Waals surface area contributed by atoms with Crippen LogP contribution in [0.3, 0.4) is 0 Å². The van der Waals surface area contributed by atoms with Crippen LogP contribution in [0.2, 0.25) is 0 Å². The van der Waals surface area contributed by atoms with Gasteiger partial charge in [-0.25, -0.2) is 5.84 Å². The maximum absolute atomic E-state index is 11.1. The fourth-order valence-corrected chi connectivity index (χ4v) is 0.255. The molecule has 7 heteroatoms. The van der Waals surface area contributed by atoms with Crippen molar-refractivity contribution in [3.8, 4) is 0 Å². The summed E-state index contributed by atoms with van der Waals surface area (Å²) in [5, 5.41) is 8.23. The molecule has 0 aliphatic rings. The molecule has 62 valence electrons. The SMILES string of the molecule is NN(O)CCOC(F)(F)F. The van der Waals surface area contributed by atoms with E-state index in [1.54, 1.807) is 0 Å². The third-order valence-corrected chi connectivity index (χ3v) is 0.586. The Morgan fingerprint density at radius 3 is 2.30 bits per heavy atom. The Morgan fingerprint density at radius 2 is 2.00 bits per heavy atom. The van der Waals surface area contributed by atoms with Crippen LogP contribution >= 0.6 is 0 Å². The lowest BCUT2D eigenvalue weighted by Crippen LogP contribution is -2.32. The number of alkyl halides is 3. The minimum absolute atomic E-state index is 0.117. The molecule has 0 radical (unpaired) electrons. The summed E-state index contributed by atoms with van der Waals surface area (Å²) in [6.45, 7) is -1.07. The van der Waals surface area contributed by atoms with Crippen LogP contribution in [0.15, 0.2) is 0 Å². The van der Waals surface area contributed by atoms with Gasteiger partial charge in [-0.1, -0.05) is 0 Å². The van der Waals surface area contributed by atoms with E-state index in [-0.39, 0.29) is 11.7 Å². The van der Waals surface area contributed by atoms with Crippen LogP contribution in [0.5, 0.6) is 0 Å². The summed E-state index contributed by atoms with van der Waals surface area (Å²) in [6, 6.07) is 0. The van der Waals surface area contributed by atoms with E-state index in [0.29, 0.717) is 0 Å². The molecule has 0 fully saturated rings. The van der Waals surface area contributed by atoms with Crippen molar-refractivity contribution in [3.05, 3.63) is 0 Å². The third-order valence-electron chi connectivity index (χ3n) is 0.586. The zero-order valence-electron chi connectivity index (χ0n) is 4.93. The topological polar surface area (TPSA) is 58.7 Å². The van der Waals surface area contributed by atoms with E-state index in [1.807, 2.05) is 0 Å². The highest BCUT2D eigenvalue weighted by atomic mass is 19.4. The van der Waals surface area contributed by atoms with Gasteiger partial charge in [0.1, 0.15) is 0 Å². The van der Waals surface area contributed by atoms with Gasteiger partial charge >= 0.3 is 6.36 Å². The standard InChI is InChI=1S/C3H7F3N2O2/c4-3(5,6)10-2-1-8(7)9/h9H,1-2,7H2. The van der Waals surface area contributed by atoms with Gasteiger partial charge in [-0.15, -0.1) is 18.3 Å². The number of ether oxygens (including phenoxy) is 1. The molecule has 0 atom stereocenters. The summed E-state index contributed by atoms with van der Waals surface area (Å²) in [5.74, 6) is 4.56. The average molecular weight is 160 g/mol. The number of rotatable bonds is 3. The van der Waals surface area contributed by atoms with Crippen molar-refractivity contribution < 1.29 is 23.1 Å². The molecule has 0 aromatic heterocycles. The van der Waals surface area contributed by atoms with Gasteiger partial charge in [0.05, 0.1) is 13.2 Å². The highest BCUT2D eigenvalue weighted by Gasteiger charge is 2.28. The maximum atomic E-state index is 11.1. The average Bonchev–Trinajstić information content (AvgIpc) is 1.59. The number of nitrogens with zero attached hydrogens (tertiary/aromatic N) is 1. The minimum atomic E-state index is -4.66. The van der Waals surface area contributed by atoms with Crippen molar-refractivity contribution in [3.63, 3.8) is 0 Å². The highest BCUT2D eigenvalue weighted by molar-refractivity contribution is 4.33. The fourth-order valence-electron chi connectivity index (χ4n) is 0.255. The molecule has 0 aromatic carbocycles. The lowest BCUT2D eigenvalue weighted by molar-refractivity contribution is -0.328. The summed E-state index contributed by atoms with van der Waals surface area (Å²) >= 11 is 0. The van der Waals surface area contributed by atoms with Gasteiger partial charge in [-0.05, 0) is 0 Å². The molecule has 0 saturated heterocycles. The first-order valence-corrected chi connectivity index (χ1v) is 2.33. The van der Waals surface area contributed by atoms with E-state index >= 15 is 0 Å². The third kappa shape index (κ3) is 7.63. The van der Waals surface area contributed by atoms with Gasteiger partial charge in [0, 0.05) is 0 Å². The summed E-state index contributed by atoms with van der Waals surface area (Å²) in [7, 11) is 0. The molecule has 0 spiro atoms. The van der Waals surface area contributed by atoms with Crippen molar-refractivity contribution >= 4 is 0 Å². The molecule has 0 aliphatic heterocycles. The van der Waals surface area contributed by atoms with E-state index in [1.165, 1.54) is 0 Å². The fraction of sp³-hybridized carbons (Fsp3) is 1.00. The van der Waals surface area contributed by atoms with Gasteiger partial charge < -0.3 is 0 Å². The Bertz CT molecular complexity index is 94.2. The number of hydrazine groups is 1. The van der Waals surface area contributed by atoms with E-state index < -0.39 is 13.0 Å². The zero-order chi connectivity index (χ0) is 8.20. The molecular weight excluding hydrogens is 153 g/mol. The van der Waals surface area contributed by atoms with Gasteiger partial charge in [0.25, 0.3) is 0 Å². The number of nitrogens with two attached hydrogens (primary N) is 1. The largest absolute Gasteiger partial charge is 0.522 e.